The Labute approximate surface area is 308 Å². The number of hydrogen-bond donors (Lipinski definition) is 2. The second-order valence-corrected chi connectivity index (χ2v) is 14.9. The molecule has 2 aromatic carbocycles. The number of rotatable bonds is 19. The summed E-state index contributed by atoms with van der Waals surface area (Å²) in [5.41, 5.74) is 3.96. The van der Waals surface area contributed by atoms with Gasteiger partial charge in [0.2, 0.25) is 0 Å². The molecule has 4 aromatic rings. The summed E-state index contributed by atoms with van der Waals surface area (Å²) in [6, 6.07) is 19.1. The van der Waals surface area contributed by atoms with Gasteiger partial charge in [0, 0.05) is 56.9 Å². The molecule has 13 heteroatoms. The van der Waals surface area contributed by atoms with Crippen molar-refractivity contribution >= 4 is 40.6 Å². The highest BCUT2D eigenvalue weighted by molar-refractivity contribution is 7.09. The van der Waals surface area contributed by atoms with Crippen molar-refractivity contribution in [2.45, 2.75) is 63.8 Å². The van der Waals surface area contributed by atoms with Gasteiger partial charge in [0.15, 0.2) is 5.78 Å². The first-order valence-corrected chi connectivity index (χ1v) is 19.3. The number of thiazole rings is 2. The third-order valence-electron chi connectivity index (χ3n) is 8.98. The van der Waals surface area contributed by atoms with Crippen LogP contribution >= 0.6 is 22.7 Å². The summed E-state index contributed by atoms with van der Waals surface area (Å²) in [7, 11) is 1.72. The van der Waals surface area contributed by atoms with Crippen LogP contribution in [0.3, 0.4) is 0 Å². The molecule has 11 nitrogen and oxygen atoms in total. The summed E-state index contributed by atoms with van der Waals surface area (Å²) in [6.07, 6.45) is 6.43. The van der Waals surface area contributed by atoms with E-state index in [-0.39, 0.29) is 30.4 Å². The molecule has 3 atom stereocenters. The zero-order valence-electron chi connectivity index (χ0n) is 29.2. The Bertz CT molecular complexity index is 1590. The number of urea groups is 1. The molecule has 1 aliphatic heterocycles. The van der Waals surface area contributed by atoms with Gasteiger partial charge in [-0.05, 0) is 49.1 Å². The van der Waals surface area contributed by atoms with E-state index >= 15 is 0 Å². The van der Waals surface area contributed by atoms with E-state index in [4.69, 9.17) is 9.47 Å². The zero-order chi connectivity index (χ0) is 35.7. The number of carbonyl (C=O) groups excluding carboxylic acids is 3. The van der Waals surface area contributed by atoms with Gasteiger partial charge < -0.3 is 25.0 Å². The number of Topliss-reactive ketones (excluding diaryl/α,β-unsaturated/α-hetero) is 1. The summed E-state index contributed by atoms with van der Waals surface area (Å²) in [6.45, 7) is 4.15. The zero-order valence-corrected chi connectivity index (χ0v) is 30.8. The Morgan fingerprint density at radius 2 is 1.67 bits per heavy atom. The fourth-order valence-corrected chi connectivity index (χ4v) is 7.36. The molecule has 0 spiro atoms. The number of nitrogens with zero attached hydrogens (tertiary/aromatic N) is 4. The minimum atomic E-state index is -0.641. The maximum Gasteiger partial charge on any atom is 0.407 e. The number of alkyl carbamates (subject to hydrolysis) is 1. The second-order valence-electron chi connectivity index (χ2n) is 12.9. The summed E-state index contributed by atoms with van der Waals surface area (Å²) in [5.74, 6) is 0.000693. The average molecular weight is 733 g/mol. The Hall–Kier alpha value is -4.17. The molecule has 0 radical (unpaired) electrons. The molecule has 272 valence electrons. The first kappa shape index (κ1) is 38.1. The van der Waals surface area contributed by atoms with Gasteiger partial charge in [0.05, 0.1) is 36.2 Å². The average Bonchev–Trinajstić information content (AvgIpc) is 3.87. The Morgan fingerprint density at radius 3 is 2.33 bits per heavy atom. The van der Waals surface area contributed by atoms with Crippen LogP contribution < -0.4 is 10.6 Å². The van der Waals surface area contributed by atoms with Crippen molar-refractivity contribution in [2.75, 3.05) is 39.9 Å². The highest BCUT2D eigenvalue weighted by Crippen LogP contribution is 2.23. The third-order valence-corrected chi connectivity index (χ3v) is 10.5. The van der Waals surface area contributed by atoms with Gasteiger partial charge in [-0.2, -0.15) is 0 Å². The van der Waals surface area contributed by atoms with Gasteiger partial charge in [0.1, 0.15) is 11.6 Å². The van der Waals surface area contributed by atoms with Crippen LogP contribution in [0.5, 0.6) is 0 Å². The molecule has 3 heterocycles. The highest BCUT2D eigenvalue weighted by Gasteiger charge is 2.27. The van der Waals surface area contributed by atoms with Crippen molar-refractivity contribution in [3.63, 3.8) is 0 Å². The van der Waals surface area contributed by atoms with Gasteiger partial charge in [-0.25, -0.2) is 14.6 Å². The van der Waals surface area contributed by atoms with Gasteiger partial charge in [-0.15, -0.1) is 22.7 Å². The number of ether oxygens (including phenoxy) is 2. The third kappa shape index (κ3) is 13.5. The molecular formula is C38H48N6O5S2. The maximum absolute atomic E-state index is 14.2. The largest absolute Gasteiger partial charge is 0.444 e. The Morgan fingerprint density at radius 1 is 0.941 bits per heavy atom. The smallest absolute Gasteiger partial charge is 0.407 e. The molecule has 0 aliphatic carbocycles. The molecule has 1 aliphatic rings. The molecule has 0 saturated carbocycles. The molecule has 1 fully saturated rings. The number of carbonyl (C=O) groups is 3. The van der Waals surface area contributed by atoms with Crippen LogP contribution in [0.15, 0.2) is 83.9 Å². The predicted octanol–water partition coefficient (Wildman–Crippen LogP) is 5.97. The van der Waals surface area contributed by atoms with E-state index in [1.807, 2.05) is 41.8 Å². The van der Waals surface area contributed by atoms with Crippen molar-refractivity contribution < 1.29 is 23.9 Å². The summed E-state index contributed by atoms with van der Waals surface area (Å²) < 4.78 is 11.0. The summed E-state index contributed by atoms with van der Waals surface area (Å²) >= 11 is 2.93. The molecular weight excluding hydrogens is 685 g/mol. The van der Waals surface area contributed by atoms with Gasteiger partial charge in [0.25, 0.3) is 0 Å². The van der Waals surface area contributed by atoms with E-state index in [0.29, 0.717) is 64.8 Å². The number of hydrogen-bond acceptors (Lipinski definition) is 10. The monoisotopic (exact) mass is 732 g/mol. The van der Waals surface area contributed by atoms with Crippen LogP contribution in [0.2, 0.25) is 0 Å². The molecule has 5 rings (SSSR count). The van der Waals surface area contributed by atoms with E-state index in [2.05, 4.69) is 49.8 Å². The number of benzene rings is 2. The molecule has 51 heavy (non-hydrogen) atoms. The van der Waals surface area contributed by atoms with Crippen molar-refractivity contribution in [3.8, 4) is 0 Å². The van der Waals surface area contributed by atoms with E-state index in [1.165, 1.54) is 22.7 Å². The van der Waals surface area contributed by atoms with Crippen molar-refractivity contribution in [2.24, 2.45) is 5.92 Å². The Balaban J connectivity index is 1.27. The summed E-state index contributed by atoms with van der Waals surface area (Å²) in [4.78, 5) is 53.6. The molecule has 3 amide bonds. The van der Waals surface area contributed by atoms with E-state index in [1.54, 1.807) is 29.9 Å². The summed E-state index contributed by atoms with van der Waals surface area (Å²) in [5, 5.41) is 8.87. The Kier molecular flexibility index (Phi) is 15.4. The fourth-order valence-electron chi connectivity index (χ4n) is 6.18. The minimum absolute atomic E-state index is 0.0102. The normalized spacial score (nSPS) is 15.0. The lowest BCUT2D eigenvalue weighted by molar-refractivity contribution is -0.122. The maximum atomic E-state index is 14.2. The van der Waals surface area contributed by atoms with Gasteiger partial charge >= 0.3 is 12.1 Å². The van der Waals surface area contributed by atoms with Crippen molar-refractivity contribution in [1.29, 1.82) is 0 Å². The van der Waals surface area contributed by atoms with Gasteiger partial charge in [-0.3, -0.25) is 14.7 Å². The topological polar surface area (TPSA) is 126 Å². The van der Waals surface area contributed by atoms with Crippen LogP contribution in [-0.4, -0.2) is 89.7 Å². The second kappa shape index (κ2) is 20.6. The first-order chi connectivity index (χ1) is 24.9. The molecule has 2 N–H and O–H groups in total. The number of aromatic nitrogens is 2. The lowest BCUT2D eigenvalue weighted by atomic mass is 9.86. The van der Waals surface area contributed by atoms with E-state index in [9.17, 15) is 14.4 Å². The van der Waals surface area contributed by atoms with Gasteiger partial charge in [-0.1, -0.05) is 60.7 Å². The van der Waals surface area contributed by atoms with Crippen LogP contribution in [0.4, 0.5) is 9.59 Å². The highest BCUT2D eigenvalue weighted by atomic mass is 32.1. The lowest BCUT2D eigenvalue weighted by Crippen LogP contribution is -2.49. The number of ketones is 1. The molecule has 1 saturated heterocycles. The van der Waals surface area contributed by atoms with Crippen LogP contribution in [0.1, 0.15) is 46.7 Å². The van der Waals surface area contributed by atoms with Crippen molar-refractivity contribution in [3.05, 3.63) is 105 Å². The van der Waals surface area contributed by atoms with E-state index < -0.39 is 12.1 Å². The van der Waals surface area contributed by atoms with Crippen LogP contribution in [0.25, 0.3) is 0 Å². The van der Waals surface area contributed by atoms with Crippen molar-refractivity contribution in [1.82, 2.24) is 30.4 Å². The lowest BCUT2D eigenvalue weighted by Gasteiger charge is -2.29. The minimum Gasteiger partial charge on any atom is -0.444 e. The number of morpholine rings is 1. The number of nitrogens with one attached hydrogen (secondary N) is 2. The number of amides is 3. The SMILES string of the molecule is CN(Cc1nccs1)C(=O)N[C@@H](CCN1CCOCC1)C(=O)C[C@H](CC[C@H](Cc1ccccc1)NC(=O)OCc1cncs1)Cc1ccccc1. The fraction of sp³-hybridized carbons (Fsp3) is 0.447. The predicted molar refractivity (Wildman–Crippen MR) is 200 cm³/mol. The molecule has 0 unspecified atom stereocenters. The quantitative estimate of drug-likeness (QED) is 0.121. The van der Waals surface area contributed by atoms with Crippen LogP contribution in [-0.2, 0) is 40.3 Å². The molecule has 0 bridgehead atoms. The standard InChI is InChI=1S/C38H48N6O5S2/c1-43(26-36-40-15-21-50-36)37(46)42-34(14-16-44-17-19-48-20-18-44)35(45)24-31(22-29-8-4-2-5-9-29)12-13-32(23-30-10-6-3-7-11-30)41-38(47)49-27-33-25-39-28-51-33/h2-11,15,21,25,28,31-32,34H,12-14,16-20,22-24,26-27H2,1H3,(H,41,47)(H,42,46)/t31-,32-,34+/m1/s1. The van der Waals surface area contributed by atoms with E-state index in [0.717, 1.165) is 34.1 Å². The molecule has 2 aromatic heterocycles. The first-order valence-electron chi connectivity index (χ1n) is 17.5. The van der Waals surface area contributed by atoms with Crippen LogP contribution in [0, 0.1) is 5.92 Å².